The second kappa shape index (κ2) is 10.3. The van der Waals surface area contributed by atoms with E-state index in [9.17, 15) is 14.7 Å². The topological polar surface area (TPSA) is 87.7 Å². The van der Waals surface area contributed by atoms with E-state index in [2.05, 4.69) is 34.9 Å². The molecule has 1 unspecified atom stereocenters. The normalized spacial score (nSPS) is 16.0. The van der Waals surface area contributed by atoms with Crippen molar-refractivity contribution < 1.29 is 19.4 Å². The van der Waals surface area contributed by atoms with Gasteiger partial charge in [-0.25, -0.2) is 4.79 Å². The van der Waals surface area contributed by atoms with Gasteiger partial charge in [0.25, 0.3) is 5.91 Å². The van der Waals surface area contributed by atoms with E-state index in [0.717, 1.165) is 40.7 Å². The molecule has 2 amide bonds. The highest BCUT2D eigenvalue weighted by Crippen LogP contribution is 2.44. The first-order valence-electron chi connectivity index (χ1n) is 12.2. The number of aliphatic hydroxyl groups excluding tert-OH is 1. The molecule has 0 bridgehead atoms. The summed E-state index contributed by atoms with van der Waals surface area (Å²) in [6, 6.07) is 25.1. The maximum Gasteiger partial charge on any atom is 0.407 e. The molecular formula is C29H30N2O4. The maximum atomic E-state index is 12.8. The van der Waals surface area contributed by atoms with Crippen molar-refractivity contribution >= 4 is 12.0 Å². The Morgan fingerprint density at radius 3 is 2.11 bits per heavy atom. The lowest BCUT2D eigenvalue weighted by Crippen LogP contribution is -2.51. The van der Waals surface area contributed by atoms with Crippen molar-refractivity contribution in [1.29, 1.82) is 0 Å². The number of amides is 2. The van der Waals surface area contributed by atoms with Gasteiger partial charge in [0.2, 0.25) is 0 Å². The summed E-state index contributed by atoms with van der Waals surface area (Å²) in [5, 5.41) is 16.3. The third-order valence-corrected chi connectivity index (χ3v) is 6.89. The molecule has 3 N–H and O–H groups in total. The van der Waals surface area contributed by atoms with Crippen molar-refractivity contribution in [2.75, 3.05) is 6.61 Å². The number of nitrogens with one attached hydrogen (secondary N) is 2. The Morgan fingerprint density at radius 2 is 1.49 bits per heavy atom. The summed E-state index contributed by atoms with van der Waals surface area (Å²) in [5.74, 6) is -0.141. The molecule has 0 spiro atoms. The number of ether oxygens (including phenoxy) is 1. The minimum Gasteiger partial charge on any atom is -0.449 e. The zero-order valence-electron chi connectivity index (χ0n) is 19.5. The Kier molecular flexibility index (Phi) is 6.82. The standard InChI is InChI=1S/C29H30N2O4/c32-27(28(33)30-17-20-8-2-1-3-9-20)26(16-19-14-15-19)31-29(34)35-18-25-23-12-6-4-10-21(23)22-11-5-7-13-24(22)25/h1-13,19,25-27,32H,14-18H2,(H,30,33)(H,31,34)/t26-,27?/m0/s1. The van der Waals surface area contributed by atoms with Gasteiger partial charge in [-0.15, -0.1) is 0 Å². The van der Waals surface area contributed by atoms with Crippen LogP contribution in [-0.2, 0) is 16.1 Å². The number of rotatable bonds is 9. The highest BCUT2D eigenvalue weighted by molar-refractivity contribution is 5.82. The quantitative estimate of drug-likeness (QED) is 0.433. The summed E-state index contributed by atoms with van der Waals surface area (Å²) in [6.45, 7) is 0.504. The van der Waals surface area contributed by atoms with Gasteiger partial charge < -0.3 is 20.5 Å². The molecule has 0 aliphatic heterocycles. The SMILES string of the molecule is O=C(N[C@@H](CC1CC1)C(O)C(=O)NCc1ccccc1)OCC1c2ccccc2-c2ccccc21. The monoisotopic (exact) mass is 470 g/mol. The van der Waals surface area contributed by atoms with Crippen molar-refractivity contribution in [3.63, 3.8) is 0 Å². The number of aliphatic hydroxyl groups is 1. The molecule has 6 heteroatoms. The first-order chi connectivity index (χ1) is 17.1. The molecule has 1 fully saturated rings. The molecule has 2 atom stereocenters. The van der Waals surface area contributed by atoms with Crippen LogP contribution in [0.1, 0.15) is 41.9 Å². The Hall–Kier alpha value is -3.64. The number of fused-ring (bicyclic) bond motifs is 3. The average Bonchev–Trinajstić information content (AvgIpc) is 3.66. The Morgan fingerprint density at radius 1 is 0.886 bits per heavy atom. The molecule has 0 heterocycles. The second-order valence-electron chi connectivity index (χ2n) is 9.40. The van der Waals surface area contributed by atoms with Crippen molar-refractivity contribution in [2.45, 2.75) is 43.9 Å². The lowest BCUT2D eigenvalue weighted by molar-refractivity contribution is -0.131. The van der Waals surface area contributed by atoms with Gasteiger partial charge in [-0.3, -0.25) is 4.79 Å². The third kappa shape index (κ3) is 5.38. The summed E-state index contributed by atoms with van der Waals surface area (Å²) in [6.07, 6.45) is 0.666. The molecule has 3 aromatic carbocycles. The van der Waals surface area contributed by atoms with E-state index in [1.807, 2.05) is 54.6 Å². The van der Waals surface area contributed by atoms with Crippen LogP contribution >= 0.6 is 0 Å². The lowest BCUT2D eigenvalue weighted by Gasteiger charge is -2.24. The summed E-state index contributed by atoms with van der Waals surface area (Å²) < 4.78 is 5.64. The molecule has 6 nitrogen and oxygen atoms in total. The highest BCUT2D eigenvalue weighted by atomic mass is 16.5. The first-order valence-corrected chi connectivity index (χ1v) is 12.2. The van der Waals surface area contributed by atoms with Gasteiger partial charge in [0.1, 0.15) is 6.61 Å². The fraction of sp³-hybridized carbons (Fsp3) is 0.310. The molecular weight excluding hydrogens is 440 g/mol. The Balaban J connectivity index is 1.20. The minimum absolute atomic E-state index is 0.0471. The summed E-state index contributed by atoms with van der Waals surface area (Å²) in [4.78, 5) is 25.4. The number of benzene rings is 3. The van der Waals surface area contributed by atoms with E-state index in [1.54, 1.807) is 0 Å². The smallest absolute Gasteiger partial charge is 0.407 e. The molecule has 2 aliphatic rings. The molecule has 180 valence electrons. The summed E-state index contributed by atoms with van der Waals surface area (Å²) in [7, 11) is 0. The molecule has 0 aromatic heterocycles. The fourth-order valence-corrected chi connectivity index (χ4v) is 4.84. The van der Waals surface area contributed by atoms with Crippen LogP contribution in [0.3, 0.4) is 0 Å². The number of hydrogen-bond donors (Lipinski definition) is 3. The molecule has 1 saturated carbocycles. The maximum absolute atomic E-state index is 12.8. The van der Waals surface area contributed by atoms with E-state index in [4.69, 9.17) is 4.74 Å². The third-order valence-electron chi connectivity index (χ3n) is 6.89. The molecule has 0 saturated heterocycles. The van der Waals surface area contributed by atoms with Gasteiger partial charge >= 0.3 is 6.09 Å². The predicted molar refractivity (Wildman–Crippen MR) is 134 cm³/mol. The average molecular weight is 471 g/mol. The predicted octanol–water partition coefficient (Wildman–Crippen LogP) is 4.37. The van der Waals surface area contributed by atoms with Crippen molar-refractivity contribution in [3.05, 3.63) is 95.6 Å². The van der Waals surface area contributed by atoms with E-state index in [-0.39, 0.29) is 12.5 Å². The van der Waals surface area contributed by atoms with E-state index in [0.29, 0.717) is 18.9 Å². The van der Waals surface area contributed by atoms with Gasteiger partial charge in [0.05, 0.1) is 6.04 Å². The Labute approximate surface area is 205 Å². The largest absolute Gasteiger partial charge is 0.449 e. The van der Waals surface area contributed by atoms with Gasteiger partial charge in [0.15, 0.2) is 6.10 Å². The summed E-state index contributed by atoms with van der Waals surface area (Å²) in [5.41, 5.74) is 5.53. The fourth-order valence-electron chi connectivity index (χ4n) is 4.84. The summed E-state index contributed by atoms with van der Waals surface area (Å²) >= 11 is 0. The Bertz CT molecular complexity index is 1150. The van der Waals surface area contributed by atoms with Crippen LogP contribution in [0.4, 0.5) is 4.79 Å². The number of alkyl carbamates (subject to hydrolysis) is 1. The van der Waals surface area contributed by atoms with Crippen LogP contribution in [-0.4, -0.2) is 35.9 Å². The van der Waals surface area contributed by atoms with Gasteiger partial charge in [-0.1, -0.05) is 91.7 Å². The van der Waals surface area contributed by atoms with Crippen LogP contribution < -0.4 is 10.6 Å². The molecule has 2 aliphatic carbocycles. The van der Waals surface area contributed by atoms with Crippen molar-refractivity contribution in [1.82, 2.24) is 10.6 Å². The van der Waals surface area contributed by atoms with Crippen molar-refractivity contribution in [2.24, 2.45) is 5.92 Å². The van der Waals surface area contributed by atoms with Crippen LogP contribution in [0.25, 0.3) is 11.1 Å². The molecule has 0 radical (unpaired) electrons. The van der Waals surface area contributed by atoms with Gasteiger partial charge in [-0.05, 0) is 40.2 Å². The van der Waals surface area contributed by atoms with Crippen molar-refractivity contribution in [3.8, 4) is 11.1 Å². The highest BCUT2D eigenvalue weighted by Gasteiger charge is 2.35. The number of carbonyl (C=O) groups excluding carboxylic acids is 2. The number of carbonyl (C=O) groups is 2. The zero-order chi connectivity index (χ0) is 24.2. The van der Waals surface area contributed by atoms with Crippen LogP contribution in [0.5, 0.6) is 0 Å². The van der Waals surface area contributed by atoms with Gasteiger partial charge in [-0.2, -0.15) is 0 Å². The van der Waals surface area contributed by atoms with Gasteiger partial charge in [0, 0.05) is 12.5 Å². The molecule has 35 heavy (non-hydrogen) atoms. The van der Waals surface area contributed by atoms with Crippen LogP contribution in [0, 0.1) is 5.92 Å². The minimum atomic E-state index is -1.35. The second-order valence-corrected chi connectivity index (χ2v) is 9.40. The lowest BCUT2D eigenvalue weighted by atomic mass is 9.98. The molecule has 3 aromatic rings. The zero-order valence-corrected chi connectivity index (χ0v) is 19.5. The first kappa shape index (κ1) is 23.1. The van der Waals surface area contributed by atoms with E-state index >= 15 is 0 Å². The van der Waals surface area contributed by atoms with Crippen LogP contribution in [0.15, 0.2) is 78.9 Å². The van der Waals surface area contributed by atoms with E-state index < -0.39 is 24.1 Å². The number of hydrogen-bond acceptors (Lipinski definition) is 4. The van der Waals surface area contributed by atoms with E-state index in [1.165, 1.54) is 0 Å². The molecule has 5 rings (SSSR count). The van der Waals surface area contributed by atoms with Crippen LogP contribution in [0.2, 0.25) is 0 Å².